The van der Waals surface area contributed by atoms with Gasteiger partial charge in [-0.05, 0) is 75.8 Å². The number of hydrogen-bond donors (Lipinski definition) is 2. The van der Waals surface area contributed by atoms with Gasteiger partial charge in [-0.25, -0.2) is 0 Å². The van der Waals surface area contributed by atoms with Gasteiger partial charge in [0.2, 0.25) is 0 Å². The van der Waals surface area contributed by atoms with Gasteiger partial charge < -0.3 is 15.4 Å². The number of carbonyl (C=O) groups excluding carboxylic acids is 1. The summed E-state index contributed by atoms with van der Waals surface area (Å²) < 4.78 is 0. The number of fused-ring (bicyclic) bond motifs is 2. The molecule has 3 aliphatic carbocycles. The molecule has 126 valence electrons. The van der Waals surface area contributed by atoms with E-state index < -0.39 is 0 Å². The summed E-state index contributed by atoms with van der Waals surface area (Å²) in [6.07, 6.45) is 14.8. The van der Waals surface area contributed by atoms with Crippen LogP contribution in [0.3, 0.4) is 0 Å². The van der Waals surface area contributed by atoms with Crippen molar-refractivity contribution in [2.45, 2.75) is 76.3 Å². The molecule has 3 fully saturated rings. The van der Waals surface area contributed by atoms with Gasteiger partial charge in [-0.15, -0.1) is 0 Å². The first-order chi connectivity index (χ1) is 10.8. The van der Waals surface area contributed by atoms with Crippen LogP contribution in [-0.2, 0) is 4.79 Å². The fourth-order valence-electron chi connectivity index (χ4n) is 5.47. The molecule has 2 bridgehead atoms. The van der Waals surface area contributed by atoms with E-state index in [0.717, 1.165) is 36.4 Å². The van der Waals surface area contributed by atoms with Gasteiger partial charge in [-0.1, -0.05) is 25.7 Å². The highest BCUT2D eigenvalue weighted by Gasteiger charge is 2.37. The van der Waals surface area contributed by atoms with Crippen molar-refractivity contribution in [3.05, 3.63) is 0 Å². The molecule has 0 amide bonds. The molecular formula is C19H34N2O. The third-order valence-electron chi connectivity index (χ3n) is 6.81. The standard InChI is InChI=1S/C19H34N2O/c1-20-18(13-22)9-8-15-5-3-7-19(15)21-12-17-11-14-4-2-6-16(17)10-14/h13-21H,2-12H2,1H3. The van der Waals surface area contributed by atoms with Gasteiger partial charge in [0.25, 0.3) is 0 Å². The van der Waals surface area contributed by atoms with Crippen LogP contribution in [0.25, 0.3) is 0 Å². The zero-order valence-corrected chi connectivity index (χ0v) is 14.2. The molecular weight excluding hydrogens is 272 g/mol. The molecule has 0 aromatic rings. The molecule has 3 heteroatoms. The smallest absolute Gasteiger partial charge is 0.136 e. The Morgan fingerprint density at radius 2 is 1.95 bits per heavy atom. The Morgan fingerprint density at radius 1 is 1.09 bits per heavy atom. The highest BCUT2D eigenvalue weighted by Crippen LogP contribution is 2.45. The van der Waals surface area contributed by atoms with Crippen LogP contribution < -0.4 is 10.6 Å². The fraction of sp³-hybridized carbons (Fsp3) is 0.947. The van der Waals surface area contributed by atoms with E-state index in [1.807, 2.05) is 7.05 Å². The van der Waals surface area contributed by atoms with Crippen molar-refractivity contribution in [1.29, 1.82) is 0 Å². The molecule has 6 atom stereocenters. The van der Waals surface area contributed by atoms with E-state index in [2.05, 4.69) is 10.6 Å². The third kappa shape index (κ3) is 3.91. The topological polar surface area (TPSA) is 41.1 Å². The predicted molar refractivity (Wildman–Crippen MR) is 90.8 cm³/mol. The van der Waals surface area contributed by atoms with E-state index in [1.54, 1.807) is 0 Å². The van der Waals surface area contributed by atoms with Crippen LogP contribution >= 0.6 is 0 Å². The monoisotopic (exact) mass is 306 g/mol. The predicted octanol–water partition coefficient (Wildman–Crippen LogP) is 3.14. The quantitative estimate of drug-likeness (QED) is 0.677. The molecule has 0 aliphatic heterocycles. The number of nitrogens with one attached hydrogen (secondary N) is 2. The van der Waals surface area contributed by atoms with Gasteiger partial charge in [0.15, 0.2) is 0 Å². The molecule has 22 heavy (non-hydrogen) atoms. The molecule has 3 nitrogen and oxygen atoms in total. The number of hydrogen-bond acceptors (Lipinski definition) is 3. The second-order valence-corrected chi connectivity index (χ2v) is 8.10. The summed E-state index contributed by atoms with van der Waals surface area (Å²) in [4.78, 5) is 10.9. The zero-order valence-electron chi connectivity index (χ0n) is 14.2. The van der Waals surface area contributed by atoms with Gasteiger partial charge in [0, 0.05) is 6.04 Å². The molecule has 0 heterocycles. The highest BCUT2D eigenvalue weighted by atomic mass is 16.1. The van der Waals surface area contributed by atoms with Crippen LogP contribution in [-0.4, -0.2) is 32.0 Å². The summed E-state index contributed by atoms with van der Waals surface area (Å²) >= 11 is 0. The van der Waals surface area contributed by atoms with Crippen LogP contribution in [0.1, 0.15) is 64.2 Å². The van der Waals surface area contributed by atoms with Crippen molar-refractivity contribution in [3.63, 3.8) is 0 Å². The second kappa shape index (κ2) is 7.92. The highest BCUT2D eigenvalue weighted by molar-refractivity contribution is 5.57. The Kier molecular flexibility index (Phi) is 5.92. The lowest BCUT2D eigenvalue weighted by Gasteiger charge is -2.26. The minimum absolute atomic E-state index is 0.0512. The molecule has 3 aliphatic rings. The van der Waals surface area contributed by atoms with E-state index in [0.29, 0.717) is 6.04 Å². The first-order valence-corrected chi connectivity index (χ1v) is 9.66. The minimum Gasteiger partial charge on any atom is -0.313 e. The van der Waals surface area contributed by atoms with Gasteiger partial charge in [-0.2, -0.15) is 0 Å². The maximum absolute atomic E-state index is 10.9. The number of rotatable bonds is 8. The molecule has 3 rings (SSSR count). The van der Waals surface area contributed by atoms with Crippen LogP contribution in [0.5, 0.6) is 0 Å². The van der Waals surface area contributed by atoms with Crippen molar-refractivity contribution < 1.29 is 4.79 Å². The molecule has 0 aromatic heterocycles. The largest absolute Gasteiger partial charge is 0.313 e. The summed E-state index contributed by atoms with van der Waals surface area (Å²) in [5.41, 5.74) is 0. The van der Waals surface area contributed by atoms with Gasteiger partial charge in [-0.3, -0.25) is 0 Å². The van der Waals surface area contributed by atoms with Crippen molar-refractivity contribution in [1.82, 2.24) is 10.6 Å². The number of aldehydes is 1. The van der Waals surface area contributed by atoms with Crippen LogP contribution in [0.2, 0.25) is 0 Å². The molecule has 0 aromatic carbocycles. The Morgan fingerprint density at radius 3 is 2.73 bits per heavy atom. The minimum atomic E-state index is 0.0512. The van der Waals surface area contributed by atoms with E-state index in [9.17, 15) is 4.79 Å². The van der Waals surface area contributed by atoms with E-state index >= 15 is 0 Å². The molecule has 0 radical (unpaired) electrons. The molecule has 0 spiro atoms. The van der Waals surface area contributed by atoms with Crippen LogP contribution in [0, 0.1) is 23.7 Å². The van der Waals surface area contributed by atoms with E-state index in [4.69, 9.17) is 0 Å². The molecule has 0 saturated heterocycles. The van der Waals surface area contributed by atoms with Crippen molar-refractivity contribution >= 4 is 6.29 Å². The molecule has 3 saturated carbocycles. The number of likely N-dealkylation sites (N-methyl/N-ethyl adjacent to an activating group) is 1. The zero-order chi connectivity index (χ0) is 15.4. The van der Waals surface area contributed by atoms with Crippen molar-refractivity contribution in [2.75, 3.05) is 13.6 Å². The summed E-state index contributed by atoms with van der Waals surface area (Å²) in [5.74, 6) is 3.81. The second-order valence-electron chi connectivity index (χ2n) is 8.10. The summed E-state index contributed by atoms with van der Waals surface area (Å²) in [7, 11) is 1.89. The summed E-state index contributed by atoms with van der Waals surface area (Å²) in [6, 6.07) is 0.764. The van der Waals surface area contributed by atoms with E-state index in [-0.39, 0.29) is 6.04 Å². The number of carbonyl (C=O) groups is 1. The maximum atomic E-state index is 10.9. The lowest BCUT2D eigenvalue weighted by atomic mass is 9.87. The Labute approximate surface area is 136 Å². The lowest BCUT2D eigenvalue weighted by Crippen LogP contribution is -2.37. The normalized spacial score (nSPS) is 39.0. The van der Waals surface area contributed by atoms with Crippen LogP contribution in [0.15, 0.2) is 0 Å². The fourth-order valence-corrected chi connectivity index (χ4v) is 5.47. The van der Waals surface area contributed by atoms with Gasteiger partial charge in [0.05, 0.1) is 6.04 Å². The molecule has 2 N–H and O–H groups in total. The maximum Gasteiger partial charge on any atom is 0.136 e. The Bertz CT molecular complexity index is 359. The van der Waals surface area contributed by atoms with Crippen molar-refractivity contribution in [3.8, 4) is 0 Å². The Balaban J connectivity index is 1.42. The average molecular weight is 306 g/mol. The summed E-state index contributed by atoms with van der Waals surface area (Å²) in [6.45, 7) is 1.26. The van der Waals surface area contributed by atoms with Gasteiger partial charge >= 0.3 is 0 Å². The van der Waals surface area contributed by atoms with Crippen LogP contribution in [0.4, 0.5) is 0 Å². The Hall–Kier alpha value is -0.410. The third-order valence-corrected chi connectivity index (χ3v) is 6.81. The first-order valence-electron chi connectivity index (χ1n) is 9.66. The average Bonchev–Trinajstić information content (AvgIpc) is 3.10. The van der Waals surface area contributed by atoms with Crippen molar-refractivity contribution in [2.24, 2.45) is 23.7 Å². The van der Waals surface area contributed by atoms with Gasteiger partial charge in [0.1, 0.15) is 6.29 Å². The van der Waals surface area contributed by atoms with E-state index in [1.165, 1.54) is 64.3 Å². The SMILES string of the molecule is CNC(C=O)CCC1CCCC1NCC1CC2CCCC1C2. The summed E-state index contributed by atoms with van der Waals surface area (Å²) in [5, 5.41) is 7.04. The first kappa shape index (κ1) is 16.4. The molecule has 6 unspecified atom stereocenters. The lowest BCUT2D eigenvalue weighted by molar-refractivity contribution is -0.109.